The molecule has 3 heterocycles. The lowest BCUT2D eigenvalue weighted by Crippen LogP contribution is -1.92. The molecule has 0 bridgehead atoms. The fourth-order valence-corrected chi connectivity index (χ4v) is 9.83. The number of rotatable bonds is 4. The second-order valence-electron chi connectivity index (χ2n) is 12.1. The van der Waals surface area contributed by atoms with Gasteiger partial charge < -0.3 is 4.57 Å². The molecule has 0 aliphatic heterocycles. The third kappa shape index (κ3) is 4.14. The van der Waals surface area contributed by atoms with Crippen molar-refractivity contribution in [3.63, 3.8) is 0 Å². The van der Waals surface area contributed by atoms with E-state index in [4.69, 9.17) is 0 Å². The van der Waals surface area contributed by atoms with E-state index >= 15 is 0 Å². The van der Waals surface area contributed by atoms with Crippen LogP contribution in [0.4, 0.5) is 0 Å². The molecule has 7 aromatic carbocycles. The molecule has 3 heteroatoms. The van der Waals surface area contributed by atoms with Crippen LogP contribution in [0.1, 0.15) is 0 Å². The maximum atomic E-state index is 2.44. The van der Waals surface area contributed by atoms with E-state index in [9.17, 15) is 0 Å². The molecule has 0 spiro atoms. The SMILES string of the molecule is c1ccc(-c2ccc3sc4c(-c5cccc(-c6cccc7c6sc6c8ccccc8n(-c8ccccc8)c76)c5)cccc4c3c2)cc1. The van der Waals surface area contributed by atoms with Crippen LogP contribution in [-0.2, 0) is 0 Å². The summed E-state index contributed by atoms with van der Waals surface area (Å²) in [6.07, 6.45) is 0. The van der Waals surface area contributed by atoms with E-state index in [1.165, 1.54) is 90.4 Å². The summed E-state index contributed by atoms with van der Waals surface area (Å²) in [4.78, 5) is 0. The van der Waals surface area contributed by atoms with Gasteiger partial charge in [-0.2, -0.15) is 0 Å². The highest BCUT2D eigenvalue weighted by Crippen LogP contribution is 2.46. The average molecular weight is 634 g/mol. The molecule has 0 amide bonds. The summed E-state index contributed by atoms with van der Waals surface area (Å²) >= 11 is 3.81. The molecule has 10 rings (SSSR count). The molecule has 3 aromatic heterocycles. The fraction of sp³-hybridized carbons (Fsp3) is 0. The quantitative estimate of drug-likeness (QED) is 0.182. The van der Waals surface area contributed by atoms with Crippen LogP contribution in [0.25, 0.3) is 90.4 Å². The van der Waals surface area contributed by atoms with Gasteiger partial charge in [-0.3, -0.25) is 0 Å². The Morgan fingerprint density at radius 3 is 1.77 bits per heavy atom. The van der Waals surface area contributed by atoms with Gasteiger partial charge in [0.05, 0.1) is 15.7 Å². The minimum Gasteiger partial charge on any atom is -0.308 e. The first kappa shape index (κ1) is 26.7. The third-order valence-electron chi connectivity index (χ3n) is 9.41. The first-order valence-electron chi connectivity index (χ1n) is 15.9. The number of fused-ring (bicyclic) bond motifs is 8. The van der Waals surface area contributed by atoms with Crippen molar-refractivity contribution in [2.75, 3.05) is 0 Å². The highest BCUT2D eigenvalue weighted by atomic mass is 32.1. The molecule has 0 saturated heterocycles. The Balaban J connectivity index is 1.15. The van der Waals surface area contributed by atoms with Crippen molar-refractivity contribution in [1.29, 1.82) is 0 Å². The zero-order valence-electron chi connectivity index (χ0n) is 25.4. The highest BCUT2D eigenvalue weighted by Gasteiger charge is 2.20. The average Bonchev–Trinajstić information content (AvgIpc) is 3.81. The summed E-state index contributed by atoms with van der Waals surface area (Å²) in [6.45, 7) is 0. The molecule has 47 heavy (non-hydrogen) atoms. The van der Waals surface area contributed by atoms with E-state index in [1.807, 2.05) is 22.7 Å². The van der Waals surface area contributed by atoms with Gasteiger partial charge in [-0.1, -0.05) is 127 Å². The summed E-state index contributed by atoms with van der Waals surface area (Å²) < 4.78 is 7.78. The molecule has 0 unspecified atom stereocenters. The first-order chi connectivity index (χ1) is 23.3. The number of aromatic nitrogens is 1. The van der Waals surface area contributed by atoms with Crippen LogP contribution in [0, 0.1) is 0 Å². The van der Waals surface area contributed by atoms with E-state index in [-0.39, 0.29) is 0 Å². The molecular formula is C44H27NS2. The van der Waals surface area contributed by atoms with Crippen molar-refractivity contribution in [3.8, 4) is 39.1 Å². The molecule has 0 atom stereocenters. The monoisotopic (exact) mass is 633 g/mol. The summed E-state index contributed by atoms with van der Waals surface area (Å²) in [7, 11) is 0. The number of thiophene rings is 2. The Morgan fingerprint density at radius 2 is 0.979 bits per heavy atom. The van der Waals surface area contributed by atoms with Gasteiger partial charge in [0.1, 0.15) is 0 Å². The number of benzene rings is 7. The maximum absolute atomic E-state index is 2.44. The van der Waals surface area contributed by atoms with Gasteiger partial charge in [0.2, 0.25) is 0 Å². The smallest absolute Gasteiger partial charge is 0.0727 e. The van der Waals surface area contributed by atoms with Gasteiger partial charge >= 0.3 is 0 Å². The molecule has 1 nitrogen and oxygen atoms in total. The summed E-state index contributed by atoms with van der Waals surface area (Å²) in [6, 6.07) is 59.8. The van der Waals surface area contributed by atoms with Gasteiger partial charge in [0, 0.05) is 41.3 Å². The lowest BCUT2D eigenvalue weighted by Gasteiger charge is -2.10. The number of hydrogen-bond donors (Lipinski definition) is 0. The second-order valence-corrected chi connectivity index (χ2v) is 14.2. The predicted octanol–water partition coefficient (Wildman–Crippen LogP) is 13.4. The van der Waals surface area contributed by atoms with E-state index < -0.39 is 0 Å². The van der Waals surface area contributed by atoms with E-state index in [0.29, 0.717) is 0 Å². The molecule has 0 radical (unpaired) electrons. The minimum atomic E-state index is 1.19. The predicted molar refractivity (Wildman–Crippen MR) is 205 cm³/mol. The standard InChI is InChI=1S/C44H27NS2/c1-3-12-28(13-4-1)29-24-25-40-38(27-29)35-21-10-19-33(42(35)46-40)30-14-9-15-31(26-30)34-20-11-22-37-41-44(47-43(34)37)36-18-7-8-23-39(36)45(41)32-16-5-2-6-17-32/h1-27H. The normalized spacial score (nSPS) is 11.8. The second kappa shape index (κ2) is 10.5. The van der Waals surface area contributed by atoms with Gasteiger partial charge in [-0.25, -0.2) is 0 Å². The third-order valence-corrected chi connectivity index (χ3v) is 11.9. The van der Waals surface area contributed by atoms with Crippen LogP contribution in [0.15, 0.2) is 164 Å². The summed E-state index contributed by atoms with van der Waals surface area (Å²) in [5, 5.41) is 5.25. The van der Waals surface area contributed by atoms with Gasteiger partial charge in [0.25, 0.3) is 0 Å². The molecule has 220 valence electrons. The van der Waals surface area contributed by atoms with Crippen LogP contribution >= 0.6 is 22.7 Å². The largest absolute Gasteiger partial charge is 0.308 e. The zero-order chi connectivity index (χ0) is 30.9. The Bertz CT molecular complexity index is 2780. The molecule has 0 N–H and O–H groups in total. The molecular weight excluding hydrogens is 607 g/mol. The Kier molecular flexibility index (Phi) is 5.98. The molecule has 0 aliphatic carbocycles. The molecule has 0 saturated carbocycles. The summed E-state index contributed by atoms with van der Waals surface area (Å²) in [5.74, 6) is 0. The van der Waals surface area contributed by atoms with Crippen LogP contribution in [0.3, 0.4) is 0 Å². The fourth-order valence-electron chi connectivity index (χ4n) is 7.25. The van der Waals surface area contributed by atoms with Gasteiger partial charge in [-0.05, 0) is 69.8 Å². The summed E-state index contributed by atoms with van der Waals surface area (Å²) in [5.41, 5.74) is 11.3. The molecule has 0 fully saturated rings. The van der Waals surface area contributed by atoms with Crippen molar-refractivity contribution in [1.82, 2.24) is 4.57 Å². The van der Waals surface area contributed by atoms with Gasteiger partial charge in [-0.15, -0.1) is 22.7 Å². The van der Waals surface area contributed by atoms with Crippen molar-refractivity contribution in [2.24, 2.45) is 0 Å². The first-order valence-corrected chi connectivity index (χ1v) is 17.6. The Hall–Kier alpha value is -5.48. The van der Waals surface area contributed by atoms with Crippen LogP contribution in [-0.4, -0.2) is 4.57 Å². The zero-order valence-corrected chi connectivity index (χ0v) is 27.0. The van der Waals surface area contributed by atoms with Crippen molar-refractivity contribution in [3.05, 3.63) is 164 Å². The van der Waals surface area contributed by atoms with Crippen LogP contribution in [0.5, 0.6) is 0 Å². The Morgan fingerprint density at radius 1 is 0.362 bits per heavy atom. The molecule has 10 aromatic rings. The maximum Gasteiger partial charge on any atom is 0.0727 e. The van der Waals surface area contributed by atoms with Crippen molar-refractivity contribution >= 4 is 74.1 Å². The van der Waals surface area contributed by atoms with Gasteiger partial charge in [0.15, 0.2) is 0 Å². The van der Waals surface area contributed by atoms with Crippen LogP contribution in [0.2, 0.25) is 0 Å². The number of para-hydroxylation sites is 2. The topological polar surface area (TPSA) is 4.93 Å². The lowest BCUT2D eigenvalue weighted by molar-refractivity contribution is 1.19. The highest BCUT2D eigenvalue weighted by molar-refractivity contribution is 7.27. The minimum absolute atomic E-state index is 1.19. The van der Waals surface area contributed by atoms with Crippen molar-refractivity contribution in [2.45, 2.75) is 0 Å². The van der Waals surface area contributed by atoms with E-state index in [2.05, 4.69) is 168 Å². The van der Waals surface area contributed by atoms with Crippen LogP contribution < -0.4 is 0 Å². The molecule has 0 aliphatic rings. The van der Waals surface area contributed by atoms with E-state index in [0.717, 1.165) is 0 Å². The lowest BCUT2D eigenvalue weighted by atomic mass is 9.97. The number of hydrogen-bond acceptors (Lipinski definition) is 2. The van der Waals surface area contributed by atoms with E-state index in [1.54, 1.807) is 0 Å². The van der Waals surface area contributed by atoms with Crippen molar-refractivity contribution < 1.29 is 0 Å². The Labute approximate surface area is 280 Å². The number of nitrogens with zero attached hydrogens (tertiary/aromatic N) is 1.